The minimum Gasteiger partial charge on any atom is -0.472 e. The van der Waals surface area contributed by atoms with E-state index in [1.807, 2.05) is 36.5 Å². The van der Waals surface area contributed by atoms with E-state index in [9.17, 15) is 4.79 Å². The lowest BCUT2D eigenvalue weighted by atomic mass is 10.1. The van der Waals surface area contributed by atoms with E-state index >= 15 is 0 Å². The maximum absolute atomic E-state index is 12.4. The molecule has 1 amide bonds. The summed E-state index contributed by atoms with van der Waals surface area (Å²) in [4.78, 5) is 19.9. The molecule has 3 heterocycles. The summed E-state index contributed by atoms with van der Waals surface area (Å²) >= 11 is 0. The van der Waals surface area contributed by atoms with Crippen LogP contribution in [0.5, 0.6) is 0 Å². The number of fused-ring (bicyclic) bond motifs is 1. The molecule has 0 bridgehead atoms. The van der Waals surface area contributed by atoms with Crippen molar-refractivity contribution in [3.63, 3.8) is 0 Å². The molecule has 5 heteroatoms. The van der Waals surface area contributed by atoms with Crippen LogP contribution < -0.4 is 5.32 Å². The van der Waals surface area contributed by atoms with Gasteiger partial charge in [-0.15, -0.1) is 0 Å². The Morgan fingerprint density at radius 3 is 2.88 bits per heavy atom. The molecule has 4 rings (SSSR count). The van der Waals surface area contributed by atoms with Crippen molar-refractivity contribution < 1.29 is 9.21 Å². The molecule has 0 atom stereocenters. The summed E-state index contributed by atoms with van der Waals surface area (Å²) in [7, 11) is 0. The summed E-state index contributed by atoms with van der Waals surface area (Å²) < 4.78 is 5.15. The first-order valence-electron chi connectivity index (χ1n) is 8.13. The predicted molar refractivity (Wildman–Crippen MR) is 96.3 cm³/mol. The average molecular weight is 331 g/mol. The summed E-state index contributed by atoms with van der Waals surface area (Å²) in [5.74, 6) is -0.121. The van der Waals surface area contributed by atoms with E-state index in [2.05, 4.69) is 27.4 Å². The number of aromatic nitrogens is 2. The van der Waals surface area contributed by atoms with Gasteiger partial charge < -0.3 is 14.7 Å². The summed E-state index contributed by atoms with van der Waals surface area (Å²) in [6.07, 6.45) is 7.57. The monoisotopic (exact) mass is 331 g/mol. The smallest absolute Gasteiger partial charge is 0.252 e. The number of nitrogens with one attached hydrogen (secondary N) is 2. The molecule has 0 radical (unpaired) electrons. The fourth-order valence-electron chi connectivity index (χ4n) is 2.85. The Labute approximate surface area is 144 Å². The minimum absolute atomic E-state index is 0.121. The molecule has 25 heavy (non-hydrogen) atoms. The number of furan rings is 1. The Balaban J connectivity index is 1.51. The summed E-state index contributed by atoms with van der Waals surface area (Å²) in [5.41, 5.74) is 4.41. The number of hydrogen-bond donors (Lipinski definition) is 2. The van der Waals surface area contributed by atoms with Gasteiger partial charge >= 0.3 is 0 Å². The van der Waals surface area contributed by atoms with Crippen LogP contribution in [0.25, 0.3) is 22.2 Å². The molecule has 0 spiro atoms. The Bertz CT molecular complexity index is 988. The minimum atomic E-state index is -0.121. The lowest BCUT2D eigenvalue weighted by Gasteiger charge is -2.06. The quantitative estimate of drug-likeness (QED) is 0.584. The molecule has 0 aliphatic carbocycles. The molecule has 5 nitrogen and oxygen atoms in total. The van der Waals surface area contributed by atoms with Crippen molar-refractivity contribution in [2.24, 2.45) is 0 Å². The van der Waals surface area contributed by atoms with Gasteiger partial charge in [0.05, 0.1) is 18.1 Å². The Hall–Kier alpha value is -3.34. The second-order valence-electron chi connectivity index (χ2n) is 5.83. The standard InChI is InChI=1S/C20H17N3O2/c24-20(21-8-6-14-4-2-1-3-5-14)16-10-17-18(15-7-9-25-13-15)12-23-19(17)22-11-16/h1-5,7,9-13H,6,8H2,(H,21,24)(H,22,23). The van der Waals surface area contributed by atoms with Gasteiger partial charge in [-0.2, -0.15) is 0 Å². The van der Waals surface area contributed by atoms with Gasteiger partial charge in [0.1, 0.15) is 5.65 Å². The number of amides is 1. The van der Waals surface area contributed by atoms with Crippen LogP contribution in [0, 0.1) is 0 Å². The Morgan fingerprint density at radius 1 is 1.20 bits per heavy atom. The first kappa shape index (κ1) is 15.2. The summed E-state index contributed by atoms with van der Waals surface area (Å²) in [6.45, 7) is 0.586. The van der Waals surface area contributed by atoms with Crippen molar-refractivity contribution in [2.75, 3.05) is 6.54 Å². The van der Waals surface area contributed by atoms with Crippen molar-refractivity contribution in [3.8, 4) is 11.1 Å². The third-order valence-electron chi connectivity index (χ3n) is 4.17. The van der Waals surface area contributed by atoms with Crippen molar-refractivity contribution in [2.45, 2.75) is 6.42 Å². The largest absolute Gasteiger partial charge is 0.472 e. The normalized spacial score (nSPS) is 10.9. The molecule has 2 N–H and O–H groups in total. The highest BCUT2D eigenvalue weighted by molar-refractivity contribution is 6.00. The number of H-pyrrole nitrogens is 1. The van der Waals surface area contributed by atoms with Crippen LogP contribution in [-0.4, -0.2) is 22.4 Å². The zero-order valence-electron chi connectivity index (χ0n) is 13.5. The molecule has 4 aromatic rings. The second kappa shape index (κ2) is 6.65. The third-order valence-corrected chi connectivity index (χ3v) is 4.17. The van der Waals surface area contributed by atoms with E-state index in [0.29, 0.717) is 12.1 Å². The number of hydrogen-bond acceptors (Lipinski definition) is 3. The molecular weight excluding hydrogens is 314 g/mol. The molecule has 0 aliphatic heterocycles. The molecule has 1 aromatic carbocycles. The van der Waals surface area contributed by atoms with Crippen LogP contribution >= 0.6 is 0 Å². The first-order chi connectivity index (χ1) is 12.3. The molecule has 0 saturated carbocycles. The zero-order chi connectivity index (χ0) is 17.1. The van der Waals surface area contributed by atoms with E-state index in [1.165, 1.54) is 5.56 Å². The van der Waals surface area contributed by atoms with Crippen LogP contribution in [0.4, 0.5) is 0 Å². The molecule has 0 fully saturated rings. The average Bonchev–Trinajstić information content (AvgIpc) is 3.31. The molecule has 0 unspecified atom stereocenters. The summed E-state index contributed by atoms with van der Waals surface area (Å²) in [6, 6.07) is 13.8. The van der Waals surface area contributed by atoms with Gasteiger partial charge in [-0.1, -0.05) is 30.3 Å². The Kier molecular flexibility index (Phi) is 4.04. The third kappa shape index (κ3) is 3.17. The fraction of sp³-hybridized carbons (Fsp3) is 0.100. The van der Waals surface area contributed by atoms with Crippen LogP contribution in [0.3, 0.4) is 0 Å². The van der Waals surface area contributed by atoms with E-state index in [-0.39, 0.29) is 5.91 Å². The second-order valence-corrected chi connectivity index (χ2v) is 5.83. The van der Waals surface area contributed by atoms with Gasteiger partial charge in [0.25, 0.3) is 5.91 Å². The first-order valence-corrected chi connectivity index (χ1v) is 8.13. The van der Waals surface area contributed by atoms with Crippen LogP contribution in [0.15, 0.2) is 71.8 Å². The van der Waals surface area contributed by atoms with Gasteiger partial charge in [0.2, 0.25) is 0 Å². The van der Waals surface area contributed by atoms with E-state index in [0.717, 1.165) is 28.6 Å². The van der Waals surface area contributed by atoms with Crippen LogP contribution in [0.1, 0.15) is 15.9 Å². The number of carbonyl (C=O) groups is 1. The summed E-state index contributed by atoms with van der Waals surface area (Å²) in [5, 5.41) is 3.85. The van der Waals surface area contributed by atoms with Gasteiger partial charge in [-0.25, -0.2) is 4.98 Å². The van der Waals surface area contributed by atoms with Crippen LogP contribution in [0.2, 0.25) is 0 Å². The molecular formula is C20H17N3O2. The van der Waals surface area contributed by atoms with E-state index in [4.69, 9.17) is 4.42 Å². The lowest BCUT2D eigenvalue weighted by molar-refractivity contribution is 0.0954. The van der Waals surface area contributed by atoms with Crippen molar-refractivity contribution in [1.82, 2.24) is 15.3 Å². The van der Waals surface area contributed by atoms with Crippen molar-refractivity contribution in [3.05, 3.63) is 78.5 Å². The van der Waals surface area contributed by atoms with E-state index in [1.54, 1.807) is 18.7 Å². The number of pyridine rings is 1. The number of nitrogens with zero attached hydrogens (tertiary/aromatic N) is 1. The van der Waals surface area contributed by atoms with Gasteiger partial charge in [-0.05, 0) is 24.1 Å². The maximum atomic E-state index is 12.4. The SMILES string of the molecule is O=C(NCCc1ccccc1)c1cnc2[nH]cc(-c3ccoc3)c2c1. The molecule has 0 aliphatic rings. The van der Waals surface area contributed by atoms with Gasteiger partial charge in [0, 0.05) is 35.5 Å². The lowest BCUT2D eigenvalue weighted by Crippen LogP contribution is -2.25. The number of aromatic amines is 1. The molecule has 124 valence electrons. The van der Waals surface area contributed by atoms with Crippen molar-refractivity contribution >= 4 is 16.9 Å². The topological polar surface area (TPSA) is 70.9 Å². The maximum Gasteiger partial charge on any atom is 0.252 e. The number of benzene rings is 1. The highest BCUT2D eigenvalue weighted by Gasteiger charge is 2.12. The molecule has 3 aromatic heterocycles. The Morgan fingerprint density at radius 2 is 2.08 bits per heavy atom. The highest BCUT2D eigenvalue weighted by atomic mass is 16.3. The number of carbonyl (C=O) groups excluding carboxylic acids is 1. The highest BCUT2D eigenvalue weighted by Crippen LogP contribution is 2.28. The van der Waals surface area contributed by atoms with E-state index < -0.39 is 0 Å². The predicted octanol–water partition coefficient (Wildman–Crippen LogP) is 3.80. The van der Waals surface area contributed by atoms with Gasteiger partial charge in [-0.3, -0.25) is 4.79 Å². The van der Waals surface area contributed by atoms with Crippen molar-refractivity contribution in [1.29, 1.82) is 0 Å². The fourth-order valence-corrected chi connectivity index (χ4v) is 2.85. The zero-order valence-corrected chi connectivity index (χ0v) is 13.5. The van der Waals surface area contributed by atoms with Crippen LogP contribution in [-0.2, 0) is 6.42 Å². The number of rotatable bonds is 5. The van der Waals surface area contributed by atoms with Gasteiger partial charge in [0.15, 0.2) is 0 Å². The molecule has 0 saturated heterocycles.